The summed E-state index contributed by atoms with van der Waals surface area (Å²) in [6.45, 7) is 4.62. The van der Waals surface area contributed by atoms with Crippen molar-refractivity contribution in [2.24, 2.45) is 0 Å². The lowest BCUT2D eigenvalue weighted by Gasteiger charge is -2.38. The van der Waals surface area contributed by atoms with Crippen LogP contribution in [0.15, 0.2) is 23.0 Å². The maximum absolute atomic E-state index is 10.7. The molecule has 0 amide bonds. The quantitative estimate of drug-likeness (QED) is 0.881. The second-order valence-electron chi connectivity index (χ2n) is 5.57. The molecule has 0 spiro atoms. The molecule has 1 atom stereocenters. The lowest BCUT2D eigenvalue weighted by molar-refractivity contribution is -0.0494. The van der Waals surface area contributed by atoms with Gasteiger partial charge in [-0.05, 0) is 26.3 Å². The smallest absolute Gasteiger partial charge is 0.150 e. The number of likely N-dealkylation sites (tertiary alicyclic amines) is 1. The highest BCUT2D eigenvalue weighted by Gasteiger charge is 2.34. The zero-order valence-electron chi connectivity index (χ0n) is 11.6. The minimum Gasteiger partial charge on any atom is -0.387 e. The molecule has 1 N–H and O–H groups in total. The van der Waals surface area contributed by atoms with E-state index in [1.165, 1.54) is 0 Å². The van der Waals surface area contributed by atoms with E-state index in [2.05, 4.69) is 20.4 Å². The van der Waals surface area contributed by atoms with Gasteiger partial charge in [-0.3, -0.25) is 4.90 Å². The molecule has 108 valence electrons. The summed E-state index contributed by atoms with van der Waals surface area (Å²) in [5.74, 6) is 0.840. The van der Waals surface area contributed by atoms with Gasteiger partial charge in [-0.2, -0.15) is 0 Å². The van der Waals surface area contributed by atoms with Crippen LogP contribution in [0.5, 0.6) is 0 Å². The van der Waals surface area contributed by atoms with E-state index in [0.29, 0.717) is 19.6 Å². The number of rotatable bonds is 4. The number of nitrogens with zero attached hydrogens (tertiary/aromatic N) is 5. The van der Waals surface area contributed by atoms with Crippen molar-refractivity contribution in [2.45, 2.75) is 38.5 Å². The first-order valence-corrected chi connectivity index (χ1v) is 6.84. The number of aliphatic hydroxyl groups is 1. The standard InChI is InChI=1S/C13H19N5O2/c1-11-7-12(20-15-11)8-17-5-2-3-13(19,9-17)10-18-6-4-14-16-18/h4,6-7,19H,2-3,5,8-10H2,1H3. The largest absolute Gasteiger partial charge is 0.387 e. The summed E-state index contributed by atoms with van der Waals surface area (Å²) in [4.78, 5) is 2.19. The molecule has 0 saturated carbocycles. The van der Waals surface area contributed by atoms with Crippen LogP contribution in [0.1, 0.15) is 24.3 Å². The van der Waals surface area contributed by atoms with Crippen LogP contribution >= 0.6 is 0 Å². The third-order valence-electron chi connectivity index (χ3n) is 3.62. The van der Waals surface area contributed by atoms with Crippen LogP contribution < -0.4 is 0 Å². The van der Waals surface area contributed by atoms with Crippen molar-refractivity contribution >= 4 is 0 Å². The second kappa shape index (κ2) is 5.34. The number of aryl methyl sites for hydroxylation is 1. The Balaban J connectivity index is 1.63. The Bertz CT molecular complexity index is 553. The minimum absolute atomic E-state index is 0.471. The fraction of sp³-hybridized carbons (Fsp3) is 0.615. The molecular weight excluding hydrogens is 258 g/mol. The van der Waals surface area contributed by atoms with E-state index < -0.39 is 5.60 Å². The van der Waals surface area contributed by atoms with Crippen molar-refractivity contribution in [3.8, 4) is 0 Å². The molecule has 1 aliphatic heterocycles. The molecule has 7 nitrogen and oxygen atoms in total. The van der Waals surface area contributed by atoms with E-state index in [4.69, 9.17) is 4.52 Å². The van der Waals surface area contributed by atoms with Crippen molar-refractivity contribution in [1.29, 1.82) is 0 Å². The van der Waals surface area contributed by atoms with Crippen molar-refractivity contribution in [3.63, 3.8) is 0 Å². The molecule has 0 aromatic carbocycles. The Labute approximate surface area is 117 Å². The Morgan fingerprint density at radius 2 is 2.40 bits per heavy atom. The molecular formula is C13H19N5O2. The predicted octanol–water partition coefficient (Wildman–Crippen LogP) is 0.602. The Hall–Kier alpha value is -1.73. The number of hydrogen-bond donors (Lipinski definition) is 1. The average molecular weight is 277 g/mol. The first-order chi connectivity index (χ1) is 9.63. The number of hydrogen-bond acceptors (Lipinski definition) is 6. The van der Waals surface area contributed by atoms with Crippen LogP contribution in [-0.2, 0) is 13.1 Å². The van der Waals surface area contributed by atoms with E-state index >= 15 is 0 Å². The summed E-state index contributed by atoms with van der Waals surface area (Å²) in [6.07, 6.45) is 5.13. The van der Waals surface area contributed by atoms with Crippen LogP contribution in [0, 0.1) is 6.92 Å². The molecule has 0 radical (unpaired) electrons. The zero-order chi connectivity index (χ0) is 14.0. The molecule has 1 saturated heterocycles. The fourth-order valence-electron chi connectivity index (χ4n) is 2.80. The van der Waals surface area contributed by atoms with Gasteiger partial charge in [0.05, 0.1) is 30.6 Å². The maximum atomic E-state index is 10.7. The minimum atomic E-state index is -0.763. The SMILES string of the molecule is Cc1cc(CN2CCCC(O)(Cn3ccnn3)C2)on1. The van der Waals surface area contributed by atoms with E-state index in [0.717, 1.165) is 30.8 Å². The summed E-state index contributed by atoms with van der Waals surface area (Å²) in [6, 6.07) is 1.94. The van der Waals surface area contributed by atoms with Gasteiger partial charge in [0.2, 0.25) is 0 Å². The van der Waals surface area contributed by atoms with E-state index in [-0.39, 0.29) is 0 Å². The van der Waals surface area contributed by atoms with E-state index in [1.807, 2.05) is 13.0 Å². The molecule has 0 bridgehead atoms. The summed E-state index contributed by atoms with van der Waals surface area (Å²) in [5, 5.41) is 22.3. The van der Waals surface area contributed by atoms with Gasteiger partial charge in [-0.15, -0.1) is 5.10 Å². The molecule has 2 aromatic rings. The Morgan fingerprint density at radius 3 is 3.10 bits per heavy atom. The Morgan fingerprint density at radius 1 is 1.50 bits per heavy atom. The summed E-state index contributed by atoms with van der Waals surface area (Å²) < 4.78 is 6.92. The number of aromatic nitrogens is 4. The molecule has 1 aliphatic rings. The van der Waals surface area contributed by atoms with E-state index in [9.17, 15) is 5.11 Å². The van der Waals surface area contributed by atoms with Crippen molar-refractivity contribution < 1.29 is 9.63 Å². The van der Waals surface area contributed by atoms with Crippen LogP contribution in [-0.4, -0.2) is 48.8 Å². The molecule has 7 heteroatoms. The molecule has 1 unspecified atom stereocenters. The van der Waals surface area contributed by atoms with Crippen molar-refractivity contribution in [2.75, 3.05) is 13.1 Å². The summed E-state index contributed by atoms with van der Waals surface area (Å²) >= 11 is 0. The predicted molar refractivity (Wildman–Crippen MR) is 70.7 cm³/mol. The third kappa shape index (κ3) is 3.05. The van der Waals surface area contributed by atoms with Crippen molar-refractivity contribution in [1.82, 2.24) is 25.1 Å². The number of piperidine rings is 1. The fourth-order valence-corrected chi connectivity index (χ4v) is 2.80. The monoisotopic (exact) mass is 277 g/mol. The Kier molecular flexibility index (Phi) is 3.54. The lowest BCUT2D eigenvalue weighted by Crippen LogP contribution is -2.50. The second-order valence-corrected chi connectivity index (χ2v) is 5.57. The lowest BCUT2D eigenvalue weighted by atomic mass is 9.92. The molecule has 1 fully saturated rings. The third-order valence-corrected chi connectivity index (χ3v) is 3.62. The molecule has 3 rings (SSSR count). The van der Waals surface area contributed by atoms with Gasteiger partial charge in [0, 0.05) is 18.8 Å². The van der Waals surface area contributed by atoms with Crippen LogP contribution in [0.25, 0.3) is 0 Å². The maximum Gasteiger partial charge on any atom is 0.150 e. The highest BCUT2D eigenvalue weighted by atomic mass is 16.5. The van der Waals surface area contributed by atoms with Gasteiger partial charge in [0.1, 0.15) is 0 Å². The van der Waals surface area contributed by atoms with Crippen LogP contribution in [0.2, 0.25) is 0 Å². The first kappa shape index (κ1) is 13.3. The topological polar surface area (TPSA) is 80.2 Å². The molecule has 0 aliphatic carbocycles. The van der Waals surface area contributed by atoms with Crippen LogP contribution in [0.3, 0.4) is 0 Å². The van der Waals surface area contributed by atoms with E-state index in [1.54, 1.807) is 17.1 Å². The highest BCUT2D eigenvalue weighted by molar-refractivity contribution is 5.03. The van der Waals surface area contributed by atoms with Gasteiger partial charge in [-0.1, -0.05) is 10.4 Å². The average Bonchev–Trinajstić information content (AvgIpc) is 3.01. The van der Waals surface area contributed by atoms with Gasteiger partial charge >= 0.3 is 0 Å². The highest BCUT2D eigenvalue weighted by Crippen LogP contribution is 2.24. The van der Waals surface area contributed by atoms with Crippen LogP contribution in [0.4, 0.5) is 0 Å². The zero-order valence-corrected chi connectivity index (χ0v) is 11.6. The molecule has 2 aromatic heterocycles. The first-order valence-electron chi connectivity index (χ1n) is 6.84. The van der Waals surface area contributed by atoms with Gasteiger partial charge in [-0.25, -0.2) is 4.68 Å². The summed E-state index contributed by atoms with van der Waals surface area (Å²) in [7, 11) is 0. The summed E-state index contributed by atoms with van der Waals surface area (Å²) in [5.41, 5.74) is 0.121. The number of β-amino-alcohol motifs (C(OH)–C–C–N with tert-alkyl or cyclic N) is 1. The van der Waals surface area contributed by atoms with Gasteiger partial charge in [0.15, 0.2) is 5.76 Å². The molecule has 3 heterocycles. The van der Waals surface area contributed by atoms with Gasteiger partial charge in [0.25, 0.3) is 0 Å². The van der Waals surface area contributed by atoms with Gasteiger partial charge < -0.3 is 9.63 Å². The normalized spacial score (nSPS) is 24.1. The molecule has 20 heavy (non-hydrogen) atoms. The van der Waals surface area contributed by atoms with Crippen molar-refractivity contribution in [3.05, 3.63) is 29.9 Å².